The van der Waals surface area contributed by atoms with E-state index in [4.69, 9.17) is 21.8 Å². The van der Waals surface area contributed by atoms with Crippen LogP contribution < -0.4 is 11.1 Å². The smallest absolute Gasteiger partial charge is 0.291 e. The number of halogens is 1. The van der Waals surface area contributed by atoms with Gasteiger partial charge in [-0.1, -0.05) is 11.6 Å². The lowest BCUT2D eigenvalue weighted by Gasteiger charge is -2.07. The predicted octanol–water partition coefficient (Wildman–Crippen LogP) is 4.16. The van der Waals surface area contributed by atoms with Gasteiger partial charge in [0.15, 0.2) is 11.4 Å². The molecule has 31 heavy (non-hydrogen) atoms. The fraction of sp³-hybridized carbons (Fsp3) is 0. The molecule has 4 N–H and O–H groups in total. The van der Waals surface area contributed by atoms with Gasteiger partial charge in [-0.05, 0) is 36.4 Å². The van der Waals surface area contributed by atoms with E-state index in [-0.39, 0.29) is 17.6 Å². The maximum absolute atomic E-state index is 12.3. The van der Waals surface area contributed by atoms with Crippen molar-refractivity contribution in [2.24, 2.45) is 0 Å². The molecule has 152 valence electrons. The number of nitrogen functional groups attached to an aromatic ring is 1. The number of furan rings is 1. The third-order valence-electron chi connectivity index (χ3n) is 4.57. The number of aromatic nitrogens is 5. The zero-order chi connectivity index (χ0) is 21.4. The molecule has 0 fully saturated rings. The summed E-state index contributed by atoms with van der Waals surface area (Å²) in [5, 5.41) is 3.25. The van der Waals surface area contributed by atoms with Gasteiger partial charge in [-0.3, -0.25) is 4.79 Å². The summed E-state index contributed by atoms with van der Waals surface area (Å²) >= 11 is 6.40. The minimum atomic E-state index is -0.361. The Morgan fingerprint density at radius 3 is 2.65 bits per heavy atom. The van der Waals surface area contributed by atoms with Crippen LogP contribution in [0.2, 0.25) is 5.02 Å². The number of nitrogens with two attached hydrogens (primary N) is 1. The van der Waals surface area contributed by atoms with Crippen LogP contribution in [0.25, 0.3) is 33.7 Å². The molecule has 0 aliphatic heterocycles. The van der Waals surface area contributed by atoms with Crippen LogP contribution in [-0.4, -0.2) is 30.8 Å². The van der Waals surface area contributed by atoms with Gasteiger partial charge in [-0.2, -0.15) is 0 Å². The topological polar surface area (TPSA) is 136 Å². The van der Waals surface area contributed by atoms with Crippen molar-refractivity contribution in [3.8, 4) is 22.5 Å². The van der Waals surface area contributed by atoms with Crippen LogP contribution in [0.5, 0.6) is 0 Å². The summed E-state index contributed by atoms with van der Waals surface area (Å²) in [4.78, 5) is 32.4. The highest BCUT2D eigenvalue weighted by Gasteiger charge is 2.14. The van der Waals surface area contributed by atoms with Crippen molar-refractivity contribution in [3.05, 3.63) is 72.0 Å². The first-order chi connectivity index (χ1) is 15.1. The van der Waals surface area contributed by atoms with Gasteiger partial charge < -0.3 is 20.5 Å². The Hall–Kier alpha value is -4.24. The van der Waals surface area contributed by atoms with Crippen LogP contribution in [0.3, 0.4) is 0 Å². The molecular weight excluding hydrogens is 418 g/mol. The number of pyridine rings is 1. The second kappa shape index (κ2) is 7.54. The van der Waals surface area contributed by atoms with E-state index in [0.717, 1.165) is 11.1 Å². The van der Waals surface area contributed by atoms with Gasteiger partial charge in [0.1, 0.15) is 5.82 Å². The summed E-state index contributed by atoms with van der Waals surface area (Å²) < 4.78 is 5.12. The highest BCUT2D eigenvalue weighted by molar-refractivity contribution is 6.33. The van der Waals surface area contributed by atoms with Crippen molar-refractivity contribution >= 4 is 40.3 Å². The first-order valence-electron chi connectivity index (χ1n) is 9.15. The number of rotatable bonds is 4. The van der Waals surface area contributed by atoms with E-state index < -0.39 is 0 Å². The fourth-order valence-electron chi connectivity index (χ4n) is 3.06. The van der Waals surface area contributed by atoms with Crippen molar-refractivity contribution in [3.63, 3.8) is 0 Å². The molecule has 0 atom stereocenters. The number of H-pyrrole nitrogens is 1. The van der Waals surface area contributed by atoms with E-state index in [9.17, 15) is 4.79 Å². The van der Waals surface area contributed by atoms with Crippen molar-refractivity contribution < 1.29 is 9.21 Å². The molecule has 0 aliphatic rings. The van der Waals surface area contributed by atoms with E-state index in [2.05, 4.69) is 30.2 Å². The summed E-state index contributed by atoms with van der Waals surface area (Å²) in [5.74, 6) is 0.575. The Kier molecular flexibility index (Phi) is 4.57. The number of benzene rings is 1. The number of aromatic amines is 1. The predicted molar refractivity (Wildman–Crippen MR) is 116 cm³/mol. The Balaban J connectivity index is 1.48. The highest BCUT2D eigenvalue weighted by Crippen LogP contribution is 2.31. The molecule has 1 aromatic carbocycles. The Morgan fingerprint density at radius 2 is 1.87 bits per heavy atom. The largest absolute Gasteiger partial charge is 0.459 e. The standard InChI is InChI=1S/C21H14ClN7O2/c22-15-4-3-13(27-20(30)17-2-1-5-31-17)7-14(15)18-28-16-6-11(8-24-19(16)29-18)12-9-25-21(23)26-10-12/h1-10H,(H,27,30)(H2,23,25,26)(H,24,28,29). The number of hydrogen-bond acceptors (Lipinski definition) is 7. The van der Waals surface area contributed by atoms with Crippen LogP contribution in [-0.2, 0) is 0 Å². The zero-order valence-electron chi connectivity index (χ0n) is 15.8. The van der Waals surface area contributed by atoms with Gasteiger partial charge in [0, 0.05) is 41.0 Å². The molecule has 0 saturated carbocycles. The molecule has 0 aliphatic carbocycles. The minimum Gasteiger partial charge on any atom is -0.459 e. The number of hydrogen-bond donors (Lipinski definition) is 3. The monoisotopic (exact) mass is 431 g/mol. The summed E-state index contributed by atoms with van der Waals surface area (Å²) in [6, 6.07) is 10.2. The fourth-order valence-corrected chi connectivity index (χ4v) is 3.26. The highest BCUT2D eigenvalue weighted by atomic mass is 35.5. The third kappa shape index (κ3) is 3.69. The molecule has 4 heterocycles. The maximum Gasteiger partial charge on any atom is 0.291 e. The van der Waals surface area contributed by atoms with Gasteiger partial charge >= 0.3 is 0 Å². The molecular formula is C21H14ClN7O2. The van der Waals surface area contributed by atoms with Crippen molar-refractivity contribution in [2.75, 3.05) is 11.1 Å². The van der Waals surface area contributed by atoms with Crippen LogP contribution >= 0.6 is 11.6 Å². The number of anilines is 2. The minimum absolute atomic E-state index is 0.204. The second-order valence-corrected chi connectivity index (χ2v) is 7.04. The van der Waals surface area contributed by atoms with Gasteiger partial charge in [-0.15, -0.1) is 0 Å². The summed E-state index contributed by atoms with van der Waals surface area (Å²) in [5.41, 5.74) is 9.55. The van der Waals surface area contributed by atoms with Crippen molar-refractivity contribution in [2.45, 2.75) is 0 Å². The average Bonchev–Trinajstić information content (AvgIpc) is 3.45. The Morgan fingerprint density at radius 1 is 1.06 bits per heavy atom. The Labute approximate surface area is 180 Å². The van der Waals surface area contributed by atoms with E-state index in [1.165, 1.54) is 6.26 Å². The summed E-state index contributed by atoms with van der Waals surface area (Å²) in [7, 11) is 0. The van der Waals surface area contributed by atoms with Gasteiger partial charge in [0.25, 0.3) is 5.91 Å². The summed E-state index contributed by atoms with van der Waals surface area (Å²) in [6.07, 6.45) is 6.38. The molecule has 1 amide bonds. The van der Waals surface area contributed by atoms with E-state index in [1.807, 2.05) is 6.07 Å². The van der Waals surface area contributed by atoms with E-state index in [0.29, 0.717) is 33.3 Å². The first kappa shape index (κ1) is 18.8. The van der Waals surface area contributed by atoms with Crippen LogP contribution in [0.15, 0.2) is 65.7 Å². The van der Waals surface area contributed by atoms with Crippen molar-refractivity contribution in [1.29, 1.82) is 0 Å². The Bertz CT molecular complexity index is 1400. The van der Waals surface area contributed by atoms with Crippen LogP contribution in [0.1, 0.15) is 10.6 Å². The molecule has 10 heteroatoms. The molecule has 0 saturated heterocycles. The lowest BCUT2D eigenvalue weighted by atomic mass is 10.1. The third-order valence-corrected chi connectivity index (χ3v) is 4.90. The number of carbonyl (C=O) groups excluding carboxylic acids is 1. The summed E-state index contributed by atoms with van der Waals surface area (Å²) in [6.45, 7) is 0. The quantitative estimate of drug-likeness (QED) is 0.388. The lowest BCUT2D eigenvalue weighted by molar-refractivity contribution is 0.0996. The molecule has 0 radical (unpaired) electrons. The second-order valence-electron chi connectivity index (χ2n) is 6.64. The maximum atomic E-state index is 12.3. The number of nitrogens with one attached hydrogen (secondary N) is 2. The number of nitrogens with zero attached hydrogens (tertiary/aromatic N) is 4. The van der Waals surface area contributed by atoms with Crippen molar-refractivity contribution in [1.82, 2.24) is 24.9 Å². The van der Waals surface area contributed by atoms with E-state index >= 15 is 0 Å². The first-order valence-corrected chi connectivity index (χ1v) is 9.53. The van der Waals surface area contributed by atoms with Gasteiger partial charge in [-0.25, -0.2) is 19.9 Å². The van der Waals surface area contributed by atoms with E-state index in [1.54, 1.807) is 48.9 Å². The van der Waals surface area contributed by atoms with Gasteiger partial charge in [0.2, 0.25) is 5.95 Å². The number of carbonyl (C=O) groups is 1. The number of amides is 1. The molecule has 4 aromatic heterocycles. The van der Waals surface area contributed by atoms with Crippen LogP contribution in [0.4, 0.5) is 11.6 Å². The average molecular weight is 432 g/mol. The zero-order valence-corrected chi connectivity index (χ0v) is 16.6. The lowest BCUT2D eigenvalue weighted by Crippen LogP contribution is -2.10. The molecule has 0 bridgehead atoms. The number of imidazole rings is 1. The molecule has 9 nitrogen and oxygen atoms in total. The van der Waals surface area contributed by atoms with Crippen LogP contribution in [0, 0.1) is 0 Å². The SMILES string of the molecule is Nc1ncc(-c2cnc3nc(-c4cc(NC(=O)c5ccco5)ccc4Cl)[nH]c3c2)cn1. The molecule has 0 spiro atoms. The molecule has 5 rings (SSSR count). The van der Waals surface area contributed by atoms with Gasteiger partial charge in [0.05, 0.1) is 16.8 Å². The number of fused-ring (bicyclic) bond motifs is 1. The normalized spacial score (nSPS) is 11.0. The molecule has 5 aromatic rings. The molecule has 0 unspecified atom stereocenters.